The van der Waals surface area contributed by atoms with Crippen LogP contribution < -0.4 is 10.2 Å². The largest absolute Gasteiger partial charge is 0.351 e. The summed E-state index contributed by atoms with van der Waals surface area (Å²) < 4.78 is 0. The lowest BCUT2D eigenvalue weighted by Gasteiger charge is -2.29. The molecule has 2 rings (SSSR count). The Hall–Kier alpha value is -0.610. The van der Waals surface area contributed by atoms with Crippen LogP contribution in [0.25, 0.3) is 0 Å². The van der Waals surface area contributed by atoms with Crippen molar-refractivity contribution >= 4 is 16.5 Å². The van der Waals surface area contributed by atoms with Crippen LogP contribution in [0.5, 0.6) is 0 Å². The molecule has 0 bridgehead atoms. The SMILES string of the molecule is CCc1nc(N(C)CC2CCC2)sc1CNCC(C)C. The van der Waals surface area contributed by atoms with E-state index in [2.05, 4.69) is 38.0 Å². The Kier molecular flexibility index (Phi) is 5.85. The van der Waals surface area contributed by atoms with E-state index in [1.54, 1.807) is 0 Å². The summed E-state index contributed by atoms with van der Waals surface area (Å²) in [5.74, 6) is 1.60. The fraction of sp³-hybridized carbons (Fsp3) is 0.812. The van der Waals surface area contributed by atoms with Gasteiger partial charge in [-0.1, -0.05) is 27.2 Å². The maximum absolute atomic E-state index is 4.84. The van der Waals surface area contributed by atoms with E-state index in [9.17, 15) is 0 Å². The Balaban J connectivity index is 1.93. The minimum absolute atomic E-state index is 0.703. The molecule has 0 unspecified atom stereocenters. The maximum atomic E-state index is 4.84. The molecule has 1 aliphatic rings. The second kappa shape index (κ2) is 7.41. The molecule has 0 amide bonds. The average molecular weight is 295 g/mol. The van der Waals surface area contributed by atoms with Crippen molar-refractivity contribution in [2.75, 3.05) is 25.0 Å². The number of thiazole rings is 1. The molecule has 20 heavy (non-hydrogen) atoms. The topological polar surface area (TPSA) is 28.2 Å². The van der Waals surface area contributed by atoms with E-state index in [1.807, 2.05) is 11.3 Å². The van der Waals surface area contributed by atoms with Gasteiger partial charge < -0.3 is 10.2 Å². The molecule has 0 aliphatic heterocycles. The fourth-order valence-electron chi connectivity index (χ4n) is 2.56. The third-order valence-corrected chi connectivity index (χ3v) is 5.24. The Morgan fingerprint density at radius 3 is 2.70 bits per heavy atom. The van der Waals surface area contributed by atoms with Crippen LogP contribution in [0.2, 0.25) is 0 Å². The predicted octanol–water partition coefficient (Wildman–Crippen LogP) is 3.69. The van der Waals surface area contributed by atoms with E-state index in [-0.39, 0.29) is 0 Å². The van der Waals surface area contributed by atoms with Crippen molar-refractivity contribution in [3.63, 3.8) is 0 Å². The van der Waals surface area contributed by atoms with Gasteiger partial charge >= 0.3 is 0 Å². The molecule has 1 N–H and O–H groups in total. The van der Waals surface area contributed by atoms with Gasteiger partial charge in [-0.2, -0.15) is 0 Å². The van der Waals surface area contributed by atoms with Crippen molar-refractivity contribution in [3.05, 3.63) is 10.6 Å². The van der Waals surface area contributed by atoms with Gasteiger partial charge in [-0.25, -0.2) is 4.98 Å². The highest BCUT2D eigenvalue weighted by molar-refractivity contribution is 7.15. The molecule has 4 heteroatoms. The first-order valence-corrected chi connectivity index (χ1v) is 8.82. The third kappa shape index (κ3) is 4.19. The molecule has 0 atom stereocenters. The monoisotopic (exact) mass is 295 g/mol. The quantitative estimate of drug-likeness (QED) is 0.793. The molecule has 3 nitrogen and oxygen atoms in total. The Labute approximate surface area is 127 Å². The molecule has 0 radical (unpaired) electrons. The highest BCUT2D eigenvalue weighted by atomic mass is 32.1. The van der Waals surface area contributed by atoms with Gasteiger partial charge in [0, 0.05) is 25.0 Å². The van der Waals surface area contributed by atoms with Crippen LogP contribution in [0.1, 0.15) is 50.6 Å². The van der Waals surface area contributed by atoms with Gasteiger partial charge in [0.05, 0.1) is 5.69 Å². The summed E-state index contributed by atoms with van der Waals surface area (Å²) in [5.41, 5.74) is 1.28. The lowest BCUT2D eigenvalue weighted by atomic mass is 9.85. The van der Waals surface area contributed by atoms with Crippen molar-refractivity contribution in [2.45, 2.75) is 53.0 Å². The number of anilines is 1. The summed E-state index contributed by atoms with van der Waals surface area (Å²) in [7, 11) is 2.20. The van der Waals surface area contributed by atoms with E-state index < -0.39 is 0 Å². The number of nitrogens with one attached hydrogen (secondary N) is 1. The van der Waals surface area contributed by atoms with E-state index in [0.29, 0.717) is 5.92 Å². The Morgan fingerprint density at radius 2 is 2.15 bits per heavy atom. The highest BCUT2D eigenvalue weighted by Gasteiger charge is 2.21. The molecule has 1 aromatic heterocycles. The van der Waals surface area contributed by atoms with Crippen LogP contribution in [0.3, 0.4) is 0 Å². The molecule has 114 valence electrons. The van der Waals surface area contributed by atoms with Crippen LogP contribution in [-0.4, -0.2) is 25.1 Å². The lowest BCUT2D eigenvalue weighted by Crippen LogP contribution is -2.29. The second-order valence-corrected chi connectivity index (χ2v) is 7.48. The summed E-state index contributed by atoms with van der Waals surface area (Å²) in [6.45, 7) is 9.92. The van der Waals surface area contributed by atoms with Gasteiger partial charge in [-0.05, 0) is 37.6 Å². The molecule has 1 fully saturated rings. The number of aryl methyl sites for hydroxylation is 1. The number of hydrogen-bond acceptors (Lipinski definition) is 4. The van der Waals surface area contributed by atoms with Crippen molar-refractivity contribution < 1.29 is 0 Å². The molecule has 0 saturated heterocycles. The fourth-order valence-corrected chi connectivity index (χ4v) is 3.65. The van der Waals surface area contributed by atoms with Gasteiger partial charge in [0.25, 0.3) is 0 Å². The molecule has 1 heterocycles. The number of rotatable bonds is 8. The zero-order valence-electron chi connectivity index (χ0n) is 13.4. The minimum atomic E-state index is 0.703. The van der Waals surface area contributed by atoms with Crippen molar-refractivity contribution in [1.29, 1.82) is 0 Å². The molecular formula is C16H29N3S. The normalized spacial score (nSPS) is 15.7. The Bertz CT molecular complexity index is 410. The zero-order chi connectivity index (χ0) is 14.5. The van der Waals surface area contributed by atoms with Crippen LogP contribution in [0.15, 0.2) is 0 Å². The molecule has 0 aromatic carbocycles. The minimum Gasteiger partial charge on any atom is -0.351 e. The summed E-state index contributed by atoms with van der Waals surface area (Å²) in [4.78, 5) is 8.62. The standard InChI is InChI=1S/C16H29N3S/c1-5-14-15(10-17-9-12(2)3)20-16(18-14)19(4)11-13-7-6-8-13/h12-13,17H,5-11H2,1-4H3. The van der Waals surface area contributed by atoms with E-state index >= 15 is 0 Å². The van der Waals surface area contributed by atoms with Gasteiger partial charge in [0.2, 0.25) is 0 Å². The van der Waals surface area contributed by atoms with Gasteiger partial charge in [-0.15, -0.1) is 11.3 Å². The van der Waals surface area contributed by atoms with E-state index in [1.165, 1.54) is 41.5 Å². The van der Waals surface area contributed by atoms with Crippen LogP contribution >= 0.6 is 11.3 Å². The molecule has 1 saturated carbocycles. The number of aromatic nitrogens is 1. The second-order valence-electron chi connectivity index (χ2n) is 6.42. The van der Waals surface area contributed by atoms with Crippen LogP contribution in [-0.2, 0) is 13.0 Å². The van der Waals surface area contributed by atoms with E-state index in [0.717, 1.165) is 25.4 Å². The van der Waals surface area contributed by atoms with E-state index in [4.69, 9.17) is 4.98 Å². The van der Waals surface area contributed by atoms with Gasteiger partial charge in [-0.3, -0.25) is 0 Å². The molecular weight excluding hydrogens is 266 g/mol. The summed E-state index contributed by atoms with van der Waals surface area (Å²) in [6.07, 6.45) is 5.26. The maximum Gasteiger partial charge on any atom is 0.185 e. The lowest BCUT2D eigenvalue weighted by molar-refractivity contribution is 0.321. The first kappa shape index (κ1) is 15.8. The molecule has 1 aliphatic carbocycles. The number of nitrogens with zero attached hydrogens (tertiary/aromatic N) is 2. The van der Waals surface area contributed by atoms with Crippen LogP contribution in [0.4, 0.5) is 5.13 Å². The summed E-state index contributed by atoms with van der Waals surface area (Å²) in [6, 6.07) is 0. The average Bonchev–Trinajstić information content (AvgIpc) is 2.76. The van der Waals surface area contributed by atoms with Crippen LogP contribution in [0, 0.1) is 11.8 Å². The van der Waals surface area contributed by atoms with Crippen molar-refractivity contribution in [1.82, 2.24) is 10.3 Å². The van der Waals surface area contributed by atoms with Crippen molar-refractivity contribution in [3.8, 4) is 0 Å². The van der Waals surface area contributed by atoms with Crippen molar-refractivity contribution in [2.24, 2.45) is 11.8 Å². The summed E-state index contributed by atoms with van der Waals surface area (Å²) >= 11 is 1.87. The first-order valence-electron chi connectivity index (χ1n) is 8.00. The first-order chi connectivity index (χ1) is 9.60. The summed E-state index contributed by atoms with van der Waals surface area (Å²) in [5, 5.41) is 4.75. The highest BCUT2D eigenvalue weighted by Crippen LogP contribution is 2.31. The predicted molar refractivity (Wildman–Crippen MR) is 88.6 cm³/mol. The molecule has 1 aromatic rings. The smallest absolute Gasteiger partial charge is 0.185 e. The number of hydrogen-bond donors (Lipinski definition) is 1. The van der Waals surface area contributed by atoms with Gasteiger partial charge in [0.1, 0.15) is 0 Å². The Morgan fingerprint density at radius 1 is 1.40 bits per heavy atom. The zero-order valence-corrected chi connectivity index (χ0v) is 14.2. The molecule has 0 spiro atoms. The van der Waals surface area contributed by atoms with Gasteiger partial charge in [0.15, 0.2) is 5.13 Å². The third-order valence-electron chi connectivity index (χ3n) is 4.02.